The predicted octanol–water partition coefficient (Wildman–Crippen LogP) is 3.46. The predicted molar refractivity (Wildman–Crippen MR) is 116 cm³/mol. The minimum absolute atomic E-state index is 0.0174. The summed E-state index contributed by atoms with van der Waals surface area (Å²) in [5.41, 5.74) is 1.70. The number of ether oxygens (including phenoxy) is 1. The van der Waals surface area contributed by atoms with Crippen molar-refractivity contribution in [3.05, 3.63) is 65.7 Å². The average molecular weight is 463 g/mol. The van der Waals surface area contributed by atoms with Crippen molar-refractivity contribution in [1.29, 1.82) is 0 Å². The summed E-state index contributed by atoms with van der Waals surface area (Å²) >= 11 is 5.76. The summed E-state index contributed by atoms with van der Waals surface area (Å²) in [6, 6.07) is 12.9. The van der Waals surface area contributed by atoms with Gasteiger partial charge in [-0.2, -0.15) is 4.31 Å². The number of methoxy groups -OCH3 is 1. The van der Waals surface area contributed by atoms with Crippen molar-refractivity contribution in [1.82, 2.24) is 14.3 Å². The summed E-state index contributed by atoms with van der Waals surface area (Å²) in [7, 11) is -2.14. The van der Waals surface area contributed by atoms with Crippen molar-refractivity contribution in [3.8, 4) is 17.0 Å². The fourth-order valence-corrected chi connectivity index (χ4v) is 5.08. The molecular weight excluding hydrogens is 443 g/mol. The second-order valence-corrected chi connectivity index (χ2v) is 9.30. The van der Waals surface area contributed by atoms with E-state index in [0.29, 0.717) is 13.1 Å². The van der Waals surface area contributed by atoms with Crippen molar-refractivity contribution in [3.63, 3.8) is 0 Å². The number of halogens is 2. The van der Waals surface area contributed by atoms with Crippen LogP contribution in [0, 0.1) is 5.82 Å². The van der Waals surface area contributed by atoms with Gasteiger partial charge in [-0.3, -0.25) is 0 Å². The molecule has 0 aliphatic carbocycles. The van der Waals surface area contributed by atoms with E-state index in [1.54, 1.807) is 7.11 Å². The Balaban J connectivity index is 1.48. The molecule has 0 bridgehead atoms. The second kappa shape index (κ2) is 8.78. The van der Waals surface area contributed by atoms with E-state index < -0.39 is 15.8 Å². The molecule has 0 radical (unpaired) electrons. The van der Waals surface area contributed by atoms with E-state index >= 15 is 0 Å². The topological polar surface area (TPSA) is 75.6 Å². The lowest BCUT2D eigenvalue weighted by atomic mass is 10.1. The summed E-state index contributed by atoms with van der Waals surface area (Å²) in [5, 5.41) is -0.216. The van der Waals surface area contributed by atoms with Gasteiger partial charge in [0, 0.05) is 37.8 Å². The maximum absolute atomic E-state index is 13.4. The zero-order valence-electron chi connectivity index (χ0n) is 16.7. The van der Waals surface area contributed by atoms with Crippen molar-refractivity contribution in [2.75, 3.05) is 38.2 Å². The van der Waals surface area contributed by atoms with Crippen LogP contribution in [0.15, 0.2) is 59.8 Å². The van der Waals surface area contributed by atoms with Crippen molar-refractivity contribution in [2.45, 2.75) is 4.90 Å². The van der Waals surface area contributed by atoms with E-state index in [0.717, 1.165) is 35.0 Å². The molecule has 0 unspecified atom stereocenters. The number of benzene rings is 2. The maximum atomic E-state index is 13.4. The van der Waals surface area contributed by atoms with Crippen LogP contribution in [0.2, 0.25) is 5.02 Å². The van der Waals surface area contributed by atoms with Gasteiger partial charge in [-0.25, -0.2) is 22.8 Å². The average Bonchev–Trinajstić information content (AvgIpc) is 2.81. The molecular formula is C21H20ClFN4O3S. The van der Waals surface area contributed by atoms with Crippen LogP contribution in [-0.2, 0) is 10.0 Å². The van der Waals surface area contributed by atoms with Crippen LogP contribution in [0.4, 0.5) is 10.2 Å². The Kier molecular flexibility index (Phi) is 6.08. The summed E-state index contributed by atoms with van der Waals surface area (Å²) in [4.78, 5) is 10.7. The van der Waals surface area contributed by atoms with Crippen LogP contribution in [0.1, 0.15) is 0 Å². The first-order valence-electron chi connectivity index (χ1n) is 9.55. The summed E-state index contributed by atoms with van der Waals surface area (Å²) in [6.45, 7) is 1.48. The maximum Gasteiger partial charge on any atom is 0.243 e. The number of piperazine rings is 1. The van der Waals surface area contributed by atoms with Crippen molar-refractivity contribution in [2.24, 2.45) is 0 Å². The molecule has 1 saturated heterocycles. The normalized spacial score (nSPS) is 15.1. The largest absolute Gasteiger partial charge is 0.497 e. The van der Waals surface area contributed by atoms with Gasteiger partial charge in [0.25, 0.3) is 0 Å². The number of nitrogens with zero attached hydrogens (tertiary/aromatic N) is 4. The van der Waals surface area contributed by atoms with Crippen LogP contribution in [0.5, 0.6) is 5.75 Å². The molecule has 0 atom stereocenters. The molecule has 1 aliphatic rings. The van der Waals surface area contributed by atoms with Gasteiger partial charge in [0.2, 0.25) is 10.0 Å². The van der Waals surface area contributed by atoms with Gasteiger partial charge in [0.1, 0.15) is 23.7 Å². The number of sulfonamides is 1. The lowest BCUT2D eigenvalue weighted by Crippen LogP contribution is -2.48. The molecule has 0 saturated carbocycles. The Labute approximate surface area is 185 Å². The van der Waals surface area contributed by atoms with E-state index in [-0.39, 0.29) is 23.0 Å². The van der Waals surface area contributed by atoms with Gasteiger partial charge < -0.3 is 9.64 Å². The minimum Gasteiger partial charge on any atom is -0.497 e. The third-order valence-corrected chi connectivity index (χ3v) is 7.31. The van der Waals surface area contributed by atoms with Crippen molar-refractivity contribution >= 4 is 27.4 Å². The first-order chi connectivity index (χ1) is 14.9. The highest BCUT2D eigenvalue weighted by Crippen LogP contribution is 2.26. The number of aromatic nitrogens is 2. The van der Waals surface area contributed by atoms with Gasteiger partial charge in [0.05, 0.1) is 22.7 Å². The number of hydrogen-bond donors (Lipinski definition) is 0. The monoisotopic (exact) mass is 462 g/mol. The second-order valence-electron chi connectivity index (χ2n) is 6.96. The molecule has 31 heavy (non-hydrogen) atoms. The van der Waals surface area contributed by atoms with Crippen LogP contribution >= 0.6 is 11.6 Å². The highest BCUT2D eigenvalue weighted by atomic mass is 35.5. The Morgan fingerprint density at radius 2 is 1.71 bits per heavy atom. The van der Waals surface area contributed by atoms with Crippen molar-refractivity contribution < 1.29 is 17.5 Å². The lowest BCUT2D eigenvalue weighted by Gasteiger charge is -2.34. The summed E-state index contributed by atoms with van der Waals surface area (Å²) in [5.74, 6) is 0.836. The molecule has 1 fully saturated rings. The first-order valence-corrected chi connectivity index (χ1v) is 11.4. The molecule has 0 amide bonds. The molecule has 7 nitrogen and oxygen atoms in total. The molecule has 4 rings (SSSR count). The number of rotatable bonds is 5. The zero-order valence-corrected chi connectivity index (χ0v) is 18.3. The smallest absolute Gasteiger partial charge is 0.243 e. The molecule has 1 aromatic heterocycles. The van der Waals surface area contributed by atoms with E-state index in [9.17, 15) is 12.8 Å². The Morgan fingerprint density at radius 3 is 2.35 bits per heavy atom. The van der Waals surface area contributed by atoms with Crippen LogP contribution in [0.3, 0.4) is 0 Å². The molecule has 0 N–H and O–H groups in total. The van der Waals surface area contributed by atoms with Crippen LogP contribution in [0.25, 0.3) is 11.3 Å². The number of anilines is 1. The quantitative estimate of drug-likeness (QED) is 0.578. The van der Waals surface area contributed by atoms with Gasteiger partial charge in [0.15, 0.2) is 0 Å². The van der Waals surface area contributed by atoms with Gasteiger partial charge in [-0.05, 0) is 42.5 Å². The Morgan fingerprint density at radius 1 is 1.00 bits per heavy atom. The summed E-state index contributed by atoms with van der Waals surface area (Å²) < 4.78 is 45.7. The number of hydrogen-bond acceptors (Lipinski definition) is 6. The third-order valence-electron chi connectivity index (χ3n) is 5.13. The van der Waals surface area contributed by atoms with E-state index in [1.165, 1.54) is 16.7 Å². The van der Waals surface area contributed by atoms with E-state index in [4.69, 9.17) is 16.3 Å². The fraction of sp³-hybridized carbons (Fsp3) is 0.238. The third kappa shape index (κ3) is 4.48. The van der Waals surface area contributed by atoms with E-state index in [1.807, 2.05) is 35.2 Å². The van der Waals surface area contributed by atoms with Crippen LogP contribution < -0.4 is 9.64 Å². The van der Waals surface area contributed by atoms with Gasteiger partial charge >= 0.3 is 0 Å². The minimum atomic E-state index is -3.75. The molecule has 0 spiro atoms. The summed E-state index contributed by atoms with van der Waals surface area (Å²) in [6.07, 6.45) is 1.50. The SMILES string of the molecule is COc1ccc(-c2cc(N3CCN(S(=O)(=O)c4ccc(F)c(Cl)c4)CC3)ncn2)cc1. The van der Waals surface area contributed by atoms with Gasteiger partial charge in [-0.1, -0.05) is 11.6 Å². The first kappa shape index (κ1) is 21.5. The lowest BCUT2D eigenvalue weighted by molar-refractivity contribution is 0.383. The molecule has 2 heterocycles. The standard InChI is InChI=1S/C21H20ClFN4O3S/c1-30-16-4-2-15(3-5-16)20-13-21(25-14-24-20)26-8-10-27(11-9-26)31(28,29)17-6-7-19(23)18(22)12-17/h2-7,12-14H,8-11H2,1H3. The zero-order chi connectivity index (χ0) is 22.0. The molecule has 1 aliphatic heterocycles. The highest BCUT2D eigenvalue weighted by Gasteiger charge is 2.29. The molecule has 2 aromatic carbocycles. The fourth-order valence-electron chi connectivity index (χ4n) is 3.38. The highest BCUT2D eigenvalue weighted by molar-refractivity contribution is 7.89. The molecule has 10 heteroatoms. The van der Waals surface area contributed by atoms with Crippen LogP contribution in [-0.4, -0.2) is 56.0 Å². The Bertz CT molecular complexity index is 1180. The van der Waals surface area contributed by atoms with Gasteiger partial charge in [-0.15, -0.1) is 0 Å². The Hall–Kier alpha value is -2.75. The molecule has 162 valence electrons. The molecule has 3 aromatic rings. The van der Waals surface area contributed by atoms with E-state index in [2.05, 4.69) is 9.97 Å².